The van der Waals surface area contributed by atoms with E-state index in [0.717, 1.165) is 4.68 Å². The third-order valence-corrected chi connectivity index (χ3v) is 3.26. The second-order valence-corrected chi connectivity index (χ2v) is 4.28. The molecule has 2 aromatic rings. The van der Waals surface area contributed by atoms with Crippen molar-refractivity contribution < 1.29 is 9.72 Å². The fraction of sp³-hybridized carbons (Fsp3) is 0.222. The molecule has 0 spiro atoms. The van der Waals surface area contributed by atoms with Crippen LogP contribution in [0.25, 0.3) is 0 Å². The van der Waals surface area contributed by atoms with Gasteiger partial charge >= 0.3 is 5.82 Å². The van der Waals surface area contributed by atoms with Crippen molar-refractivity contribution in [2.24, 2.45) is 0 Å². The van der Waals surface area contributed by atoms with Crippen LogP contribution in [0.3, 0.4) is 0 Å². The maximum atomic E-state index is 11.8. The maximum Gasteiger partial charge on any atom is 0.404 e. The van der Waals surface area contributed by atoms with Gasteiger partial charge in [-0.1, -0.05) is 0 Å². The third kappa shape index (κ3) is 2.16. The minimum absolute atomic E-state index is 0.111. The zero-order valence-electron chi connectivity index (χ0n) is 9.28. The van der Waals surface area contributed by atoms with Crippen molar-refractivity contribution in [2.75, 3.05) is 0 Å². The highest BCUT2D eigenvalue weighted by atomic mass is 79.9. The summed E-state index contributed by atoms with van der Waals surface area (Å²) in [4.78, 5) is 21.9. The summed E-state index contributed by atoms with van der Waals surface area (Å²) >= 11 is 3.08. The van der Waals surface area contributed by atoms with Crippen molar-refractivity contribution in [2.45, 2.75) is 13.5 Å². The Balaban J connectivity index is 2.28. The molecule has 2 aromatic heterocycles. The Morgan fingerprint density at radius 2 is 2.33 bits per heavy atom. The van der Waals surface area contributed by atoms with Crippen LogP contribution in [0.2, 0.25) is 0 Å². The van der Waals surface area contributed by atoms with E-state index in [-0.39, 0.29) is 22.7 Å². The highest BCUT2D eigenvalue weighted by Gasteiger charge is 2.24. The fourth-order valence-electron chi connectivity index (χ4n) is 1.40. The lowest BCUT2D eigenvalue weighted by Gasteiger charge is -1.99. The molecular weight excluding hydrogens is 306 g/mol. The number of carbonyl (C=O) groups is 1. The van der Waals surface area contributed by atoms with Crippen LogP contribution in [0.4, 0.5) is 5.82 Å². The van der Waals surface area contributed by atoms with Crippen LogP contribution in [0, 0.1) is 17.0 Å². The molecular formula is C9H8BrN5O3. The summed E-state index contributed by atoms with van der Waals surface area (Å²) in [5, 5.41) is 18.3. The van der Waals surface area contributed by atoms with E-state index < -0.39 is 4.92 Å². The van der Waals surface area contributed by atoms with Gasteiger partial charge in [-0.3, -0.25) is 4.79 Å². The molecule has 0 N–H and O–H groups in total. The van der Waals surface area contributed by atoms with Crippen molar-refractivity contribution >= 4 is 27.7 Å². The predicted molar refractivity (Wildman–Crippen MR) is 64.2 cm³/mol. The van der Waals surface area contributed by atoms with Gasteiger partial charge in [-0.2, -0.15) is 9.78 Å². The van der Waals surface area contributed by atoms with Crippen LogP contribution in [0.1, 0.15) is 10.5 Å². The monoisotopic (exact) mass is 313 g/mol. The first kappa shape index (κ1) is 12.4. The van der Waals surface area contributed by atoms with E-state index in [1.807, 2.05) is 0 Å². The first-order valence-corrected chi connectivity index (χ1v) is 5.70. The van der Waals surface area contributed by atoms with Crippen LogP contribution in [0.5, 0.6) is 0 Å². The minimum atomic E-state index is -0.605. The molecule has 0 saturated heterocycles. The molecule has 0 unspecified atom stereocenters. The summed E-state index contributed by atoms with van der Waals surface area (Å²) in [6.07, 6.45) is 2.98. The second kappa shape index (κ2) is 4.69. The minimum Gasteiger partial charge on any atom is -0.358 e. The molecule has 2 heterocycles. The van der Waals surface area contributed by atoms with Crippen LogP contribution < -0.4 is 0 Å². The molecule has 0 aliphatic heterocycles. The molecule has 0 amide bonds. The van der Waals surface area contributed by atoms with Gasteiger partial charge in [0.15, 0.2) is 0 Å². The standard InChI is InChI=1S/C9H8BrN5O3/c1-6-8(10)9(15(17)18)12-14(6)5-7(16)13-4-2-3-11-13/h2-4H,5H2,1H3. The predicted octanol–water partition coefficient (Wildman–Crippen LogP) is 1.40. The van der Waals surface area contributed by atoms with Crippen molar-refractivity contribution in [1.29, 1.82) is 0 Å². The number of rotatable bonds is 3. The fourth-order valence-corrected chi connectivity index (χ4v) is 1.82. The van der Waals surface area contributed by atoms with E-state index in [2.05, 4.69) is 26.1 Å². The van der Waals surface area contributed by atoms with E-state index in [0.29, 0.717) is 5.69 Å². The number of nitrogens with zero attached hydrogens (tertiary/aromatic N) is 5. The zero-order chi connectivity index (χ0) is 13.3. The Bertz CT molecular complexity index is 604. The number of nitro groups is 1. The van der Waals surface area contributed by atoms with Crippen molar-refractivity contribution in [3.63, 3.8) is 0 Å². The van der Waals surface area contributed by atoms with Gasteiger partial charge in [0.25, 0.3) is 5.91 Å². The van der Waals surface area contributed by atoms with Gasteiger partial charge in [-0.05, 0) is 33.8 Å². The lowest BCUT2D eigenvalue weighted by molar-refractivity contribution is -0.390. The number of aromatic nitrogens is 4. The Labute approximate surface area is 109 Å². The van der Waals surface area contributed by atoms with E-state index in [9.17, 15) is 14.9 Å². The van der Waals surface area contributed by atoms with Gasteiger partial charge < -0.3 is 10.1 Å². The molecule has 0 fully saturated rings. The molecule has 0 aromatic carbocycles. The highest BCUT2D eigenvalue weighted by molar-refractivity contribution is 9.10. The molecule has 18 heavy (non-hydrogen) atoms. The van der Waals surface area contributed by atoms with Crippen LogP contribution >= 0.6 is 15.9 Å². The maximum absolute atomic E-state index is 11.8. The lowest BCUT2D eigenvalue weighted by Crippen LogP contribution is -2.19. The summed E-state index contributed by atoms with van der Waals surface area (Å²) in [5.74, 6) is -0.631. The number of carbonyl (C=O) groups excluding carboxylic acids is 1. The Morgan fingerprint density at radius 3 is 2.83 bits per heavy atom. The molecule has 0 aliphatic rings. The topological polar surface area (TPSA) is 95.9 Å². The Kier molecular flexibility index (Phi) is 3.24. The van der Waals surface area contributed by atoms with Crippen molar-refractivity contribution in [1.82, 2.24) is 19.6 Å². The quantitative estimate of drug-likeness (QED) is 0.630. The average molecular weight is 314 g/mol. The van der Waals surface area contributed by atoms with E-state index in [4.69, 9.17) is 0 Å². The van der Waals surface area contributed by atoms with Gasteiger partial charge in [0.1, 0.15) is 11.0 Å². The number of halogens is 1. The summed E-state index contributed by atoms with van der Waals surface area (Å²) in [6.45, 7) is 1.53. The molecule has 8 nitrogen and oxygen atoms in total. The molecule has 0 bridgehead atoms. The molecule has 0 radical (unpaired) electrons. The third-order valence-electron chi connectivity index (χ3n) is 2.33. The van der Waals surface area contributed by atoms with Gasteiger partial charge in [0.05, 0.1) is 10.8 Å². The second-order valence-electron chi connectivity index (χ2n) is 3.48. The average Bonchev–Trinajstić information content (AvgIpc) is 2.92. The first-order valence-electron chi connectivity index (χ1n) is 4.91. The molecule has 94 valence electrons. The number of hydrogen-bond acceptors (Lipinski definition) is 5. The molecule has 0 atom stereocenters. The van der Waals surface area contributed by atoms with Crippen molar-refractivity contribution in [3.05, 3.63) is 38.7 Å². The lowest BCUT2D eigenvalue weighted by atomic mass is 10.4. The molecule has 9 heteroatoms. The van der Waals surface area contributed by atoms with Gasteiger partial charge in [-0.15, -0.1) is 0 Å². The van der Waals surface area contributed by atoms with Gasteiger partial charge in [0, 0.05) is 12.4 Å². The van der Waals surface area contributed by atoms with Gasteiger partial charge in [0.2, 0.25) is 0 Å². The highest BCUT2D eigenvalue weighted by Crippen LogP contribution is 2.26. The molecule has 0 aliphatic carbocycles. The van der Waals surface area contributed by atoms with Crippen LogP contribution in [-0.4, -0.2) is 30.4 Å². The van der Waals surface area contributed by atoms with E-state index >= 15 is 0 Å². The summed E-state index contributed by atoms with van der Waals surface area (Å²) in [6, 6.07) is 1.62. The number of hydrogen-bond donors (Lipinski definition) is 0. The first-order chi connectivity index (χ1) is 8.50. The van der Waals surface area contributed by atoms with E-state index in [1.54, 1.807) is 13.0 Å². The van der Waals surface area contributed by atoms with Crippen molar-refractivity contribution in [3.8, 4) is 0 Å². The smallest absolute Gasteiger partial charge is 0.358 e. The van der Waals surface area contributed by atoms with Crippen LogP contribution in [0.15, 0.2) is 22.9 Å². The molecule has 2 rings (SSSR count). The normalized spacial score (nSPS) is 10.6. The summed E-state index contributed by atoms with van der Waals surface area (Å²) < 4.78 is 2.70. The Morgan fingerprint density at radius 1 is 1.61 bits per heavy atom. The molecule has 0 saturated carbocycles. The summed E-state index contributed by atoms with van der Waals surface area (Å²) in [5.41, 5.74) is 0.516. The largest absolute Gasteiger partial charge is 0.404 e. The summed E-state index contributed by atoms with van der Waals surface area (Å²) in [7, 11) is 0. The SMILES string of the molecule is Cc1c(Br)c([N+](=O)[O-])nn1CC(=O)n1cccn1. The zero-order valence-corrected chi connectivity index (χ0v) is 10.9. The Hall–Kier alpha value is -2.03. The van der Waals surface area contributed by atoms with Gasteiger partial charge in [-0.25, -0.2) is 4.68 Å². The van der Waals surface area contributed by atoms with E-state index in [1.165, 1.54) is 17.1 Å². The van der Waals surface area contributed by atoms with Crippen LogP contribution in [-0.2, 0) is 6.54 Å².